The molecule has 0 N–H and O–H groups in total. The van der Waals surface area contributed by atoms with Crippen molar-refractivity contribution in [3.63, 3.8) is 0 Å². The number of fused-ring (bicyclic) bond motifs is 6. The molecule has 0 spiro atoms. The molecule has 0 saturated heterocycles. The molecule has 0 bridgehead atoms. The summed E-state index contributed by atoms with van der Waals surface area (Å²) in [5.41, 5.74) is 11.9. The maximum absolute atomic E-state index is 14.1. The molecule has 2 aliphatic rings. The lowest BCUT2D eigenvalue weighted by Gasteiger charge is -2.17. The third-order valence-electron chi connectivity index (χ3n) is 19.4. The average molecular weight is 1360 g/mol. The molecule has 0 aromatic heterocycles. The van der Waals surface area contributed by atoms with E-state index in [1.165, 1.54) is 125 Å². The molecule has 528 valence electrons. The summed E-state index contributed by atoms with van der Waals surface area (Å²) in [6, 6.07) is 51.4. The molecule has 2 aliphatic carbocycles. The van der Waals surface area contributed by atoms with Crippen molar-refractivity contribution in [2.24, 2.45) is 0 Å². The second-order valence-electron chi connectivity index (χ2n) is 27.3. The highest BCUT2D eigenvalue weighted by Gasteiger charge is 2.35. The quantitative estimate of drug-likeness (QED) is 0.0204. The first-order chi connectivity index (χ1) is 49.4. The number of benzene rings is 8. The molecule has 0 unspecified atom stereocenters. The van der Waals surface area contributed by atoms with Crippen LogP contribution in [0, 0.1) is 0 Å². The number of unbranched alkanes of at least 4 members (excludes halogenated alkanes) is 18. The standard InChI is InChI=1S/C89H100O12/c1-5-9-13-17-22-28-62-34-42-66(43-35-62)86(92)96-70-50-54-74-75-55-51-71(97-87(93)67-44-36-63(37-45-67)29-23-18-14-10-6-2)59-79(75)84(78(74)58-70)100-82(90)32-26-21-27-33-83(91)101-85-80-60-72(98-88(94)68-46-38-64(39-47-68)30-24-19-15-11-7-3)52-56-76(80)77-57-53-73(61-81(77)85)99-89(95)69-48-40-65(41-49-69)31-25-20-16-12-8-4/h34-61,84-85H,5-33H2,1-4H3. The zero-order valence-corrected chi connectivity index (χ0v) is 59.7. The van der Waals surface area contributed by atoms with Gasteiger partial charge < -0.3 is 28.4 Å². The molecule has 0 radical (unpaired) electrons. The number of hydrogen-bond donors (Lipinski definition) is 0. The van der Waals surface area contributed by atoms with Gasteiger partial charge in [0.1, 0.15) is 23.0 Å². The van der Waals surface area contributed by atoms with Gasteiger partial charge in [0.2, 0.25) is 0 Å². The molecule has 8 aromatic rings. The Morgan fingerprint density at radius 1 is 0.257 bits per heavy atom. The molecule has 0 aliphatic heterocycles. The second-order valence-corrected chi connectivity index (χ2v) is 27.3. The molecule has 12 nitrogen and oxygen atoms in total. The maximum atomic E-state index is 14.1. The van der Waals surface area contributed by atoms with Crippen molar-refractivity contribution in [3.05, 3.63) is 237 Å². The van der Waals surface area contributed by atoms with E-state index >= 15 is 0 Å². The van der Waals surface area contributed by atoms with Crippen molar-refractivity contribution in [3.8, 4) is 45.3 Å². The van der Waals surface area contributed by atoms with Crippen LogP contribution in [0.15, 0.2) is 170 Å². The van der Waals surface area contributed by atoms with Gasteiger partial charge in [0.25, 0.3) is 0 Å². The fourth-order valence-corrected chi connectivity index (χ4v) is 13.6. The first-order valence-electron chi connectivity index (χ1n) is 37.6. The molecule has 0 fully saturated rings. The summed E-state index contributed by atoms with van der Waals surface area (Å²) in [4.78, 5) is 82.8. The average Bonchev–Trinajstić information content (AvgIpc) is 1.61. The van der Waals surface area contributed by atoms with Gasteiger partial charge in [0.15, 0.2) is 12.2 Å². The Kier molecular flexibility index (Phi) is 28.2. The lowest BCUT2D eigenvalue weighted by Crippen LogP contribution is -2.13. The van der Waals surface area contributed by atoms with Crippen LogP contribution in [-0.2, 0) is 44.7 Å². The second kappa shape index (κ2) is 38.4. The van der Waals surface area contributed by atoms with Gasteiger partial charge in [-0.15, -0.1) is 0 Å². The minimum Gasteiger partial charge on any atom is -0.452 e. The Labute approximate surface area is 597 Å². The zero-order valence-electron chi connectivity index (χ0n) is 59.7. The summed E-state index contributed by atoms with van der Waals surface area (Å²) in [5.74, 6) is -1.91. The molecule has 8 aromatic carbocycles. The molecule has 0 heterocycles. The van der Waals surface area contributed by atoms with Crippen LogP contribution in [0.25, 0.3) is 22.3 Å². The van der Waals surface area contributed by atoms with Crippen LogP contribution in [0.2, 0.25) is 0 Å². The molecular formula is C89H100O12. The normalized spacial score (nSPS) is 12.1. The lowest BCUT2D eigenvalue weighted by atomic mass is 10.0. The minimum atomic E-state index is -0.930. The molecule has 0 atom stereocenters. The molecule has 12 heteroatoms. The smallest absolute Gasteiger partial charge is 0.343 e. The Hall–Kier alpha value is -9.42. The highest BCUT2D eigenvalue weighted by molar-refractivity contribution is 5.94. The van der Waals surface area contributed by atoms with Gasteiger partial charge >= 0.3 is 35.8 Å². The fraction of sp³-hybridized carbons (Fsp3) is 0.393. The van der Waals surface area contributed by atoms with E-state index in [0.717, 1.165) is 73.6 Å². The van der Waals surface area contributed by atoms with Gasteiger partial charge in [-0.05, 0) is 206 Å². The fourth-order valence-electron chi connectivity index (χ4n) is 13.6. The topological polar surface area (TPSA) is 158 Å². The summed E-state index contributed by atoms with van der Waals surface area (Å²) in [6.45, 7) is 8.82. The van der Waals surface area contributed by atoms with Gasteiger partial charge in [-0.25, -0.2) is 19.2 Å². The Morgan fingerprint density at radius 3 is 0.703 bits per heavy atom. The molecule has 0 saturated carbocycles. The first-order valence-corrected chi connectivity index (χ1v) is 37.6. The van der Waals surface area contributed by atoms with Crippen LogP contribution < -0.4 is 18.9 Å². The van der Waals surface area contributed by atoms with Crippen molar-refractivity contribution < 1.29 is 57.2 Å². The van der Waals surface area contributed by atoms with E-state index in [4.69, 9.17) is 28.4 Å². The van der Waals surface area contributed by atoms with E-state index < -0.39 is 48.0 Å². The van der Waals surface area contributed by atoms with Crippen molar-refractivity contribution in [2.75, 3.05) is 0 Å². The third kappa shape index (κ3) is 21.3. The largest absolute Gasteiger partial charge is 0.452 e. The van der Waals surface area contributed by atoms with Gasteiger partial charge in [-0.3, -0.25) is 9.59 Å². The summed E-state index contributed by atoms with van der Waals surface area (Å²) >= 11 is 0. The number of rotatable bonds is 40. The SMILES string of the molecule is CCCCCCCc1ccc(C(=O)Oc2ccc3c(c2)C(OC(=O)CCCCCC(=O)OC2c4cc(OC(=O)c5ccc(CCCCCCC)cc5)ccc4-c4ccc(OC(=O)c5ccc(CCCCCCC)cc5)cc42)c2cc(OC(=O)c4ccc(CCCCCCC)cc4)ccc2-3)cc1. The number of esters is 6. The summed E-state index contributed by atoms with van der Waals surface area (Å²) in [7, 11) is 0. The van der Waals surface area contributed by atoms with E-state index in [-0.39, 0.29) is 35.8 Å². The van der Waals surface area contributed by atoms with Crippen LogP contribution in [0.3, 0.4) is 0 Å². The van der Waals surface area contributed by atoms with Crippen molar-refractivity contribution in [1.82, 2.24) is 0 Å². The summed E-state index contributed by atoms with van der Waals surface area (Å²) in [6.07, 6.45) is 26.9. The Balaban J connectivity index is 0.797. The van der Waals surface area contributed by atoms with Gasteiger partial charge in [-0.2, -0.15) is 0 Å². The van der Waals surface area contributed by atoms with E-state index in [0.29, 0.717) is 63.8 Å². The van der Waals surface area contributed by atoms with Crippen molar-refractivity contribution >= 4 is 35.8 Å². The van der Waals surface area contributed by atoms with Crippen LogP contribution in [0.1, 0.15) is 286 Å². The third-order valence-corrected chi connectivity index (χ3v) is 19.4. The first kappa shape index (κ1) is 74.3. The number of carbonyl (C=O) groups excluding carboxylic acids is 6. The number of aryl methyl sites for hydroxylation is 4. The van der Waals surface area contributed by atoms with Gasteiger partial charge in [-0.1, -0.05) is 210 Å². The number of carbonyl (C=O) groups is 6. The molecule has 0 amide bonds. The molecule has 101 heavy (non-hydrogen) atoms. The van der Waals surface area contributed by atoms with Crippen LogP contribution >= 0.6 is 0 Å². The summed E-state index contributed by atoms with van der Waals surface area (Å²) < 4.78 is 36.7. The highest BCUT2D eigenvalue weighted by Crippen LogP contribution is 2.50. The van der Waals surface area contributed by atoms with Crippen LogP contribution in [0.5, 0.6) is 23.0 Å². The number of ether oxygens (including phenoxy) is 6. The molecular weight excluding hydrogens is 1260 g/mol. The Bertz CT molecular complexity index is 3550. The van der Waals surface area contributed by atoms with E-state index in [1.54, 1.807) is 97.1 Å². The zero-order chi connectivity index (χ0) is 70.7. The predicted molar refractivity (Wildman–Crippen MR) is 398 cm³/mol. The lowest BCUT2D eigenvalue weighted by molar-refractivity contribution is -0.147. The van der Waals surface area contributed by atoms with Crippen LogP contribution in [0.4, 0.5) is 0 Å². The van der Waals surface area contributed by atoms with Gasteiger partial charge in [0.05, 0.1) is 22.3 Å². The Morgan fingerprint density at radius 2 is 0.475 bits per heavy atom. The van der Waals surface area contributed by atoms with E-state index in [2.05, 4.69) is 27.7 Å². The number of hydrogen-bond acceptors (Lipinski definition) is 12. The molecule has 10 rings (SSSR count). The van der Waals surface area contributed by atoms with Gasteiger partial charge in [0, 0.05) is 35.1 Å². The van der Waals surface area contributed by atoms with Crippen molar-refractivity contribution in [2.45, 2.75) is 226 Å². The summed E-state index contributed by atoms with van der Waals surface area (Å²) in [5, 5.41) is 0. The monoisotopic (exact) mass is 1360 g/mol. The highest BCUT2D eigenvalue weighted by atomic mass is 16.6. The van der Waals surface area contributed by atoms with Crippen molar-refractivity contribution in [1.29, 1.82) is 0 Å². The van der Waals surface area contributed by atoms with E-state index in [1.807, 2.05) is 72.8 Å². The minimum absolute atomic E-state index is 0.0297. The maximum Gasteiger partial charge on any atom is 0.343 e. The van der Waals surface area contributed by atoms with Crippen LogP contribution in [-0.4, -0.2) is 35.8 Å². The predicted octanol–water partition coefficient (Wildman–Crippen LogP) is 22.5. The van der Waals surface area contributed by atoms with E-state index in [9.17, 15) is 28.8 Å².